The highest BCUT2D eigenvalue weighted by Gasteiger charge is 2.39. The lowest BCUT2D eigenvalue weighted by atomic mass is 9.87. The van der Waals surface area contributed by atoms with E-state index in [1.807, 2.05) is 4.90 Å². The molecule has 0 spiro atoms. The van der Waals surface area contributed by atoms with E-state index in [1.54, 1.807) is 0 Å². The first-order valence-electron chi connectivity index (χ1n) is 8.14. The third-order valence-corrected chi connectivity index (χ3v) is 4.79. The number of carbonyl (C=O) groups is 1. The zero-order valence-electron chi connectivity index (χ0n) is 12.8. The molecule has 23 heavy (non-hydrogen) atoms. The molecule has 5 nitrogen and oxygen atoms in total. The van der Waals surface area contributed by atoms with Gasteiger partial charge in [-0.15, -0.1) is 10.2 Å². The molecule has 1 saturated heterocycles. The van der Waals surface area contributed by atoms with E-state index in [1.165, 1.54) is 6.42 Å². The number of rotatable bonds is 2. The summed E-state index contributed by atoms with van der Waals surface area (Å²) in [6.45, 7) is 1.09. The van der Waals surface area contributed by atoms with Crippen LogP contribution in [-0.4, -0.2) is 34.1 Å². The van der Waals surface area contributed by atoms with Crippen LogP contribution in [0, 0.1) is 5.92 Å². The molecule has 2 heterocycles. The first-order chi connectivity index (χ1) is 10.9. The van der Waals surface area contributed by atoms with Gasteiger partial charge in [0.1, 0.15) is 0 Å². The van der Waals surface area contributed by atoms with Gasteiger partial charge in [-0.2, -0.15) is 13.2 Å². The van der Waals surface area contributed by atoms with Crippen molar-refractivity contribution in [1.82, 2.24) is 15.1 Å². The van der Waals surface area contributed by atoms with Crippen molar-refractivity contribution < 1.29 is 22.4 Å². The Bertz CT molecular complexity index is 544. The van der Waals surface area contributed by atoms with Gasteiger partial charge in [0.05, 0.1) is 0 Å². The van der Waals surface area contributed by atoms with Gasteiger partial charge >= 0.3 is 12.1 Å². The molecule has 0 radical (unpaired) electrons. The lowest BCUT2D eigenvalue weighted by molar-refractivity contribution is -0.157. The third kappa shape index (κ3) is 3.67. The largest absolute Gasteiger partial charge is 0.470 e. The van der Waals surface area contributed by atoms with Gasteiger partial charge in [-0.05, 0) is 25.7 Å². The first-order valence-corrected chi connectivity index (χ1v) is 8.14. The van der Waals surface area contributed by atoms with Crippen molar-refractivity contribution in [2.45, 2.75) is 57.0 Å². The second kappa shape index (κ2) is 6.49. The average Bonchev–Trinajstić information content (AvgIpc) is 3.05. The SMILES string of the molecule is O=C(C1CCCCC1)N1CCC(c2nnc(C(F)(F)F)o2)CC1. The molecule has 1 aliphatic carbocycles. The van der Waals surface area contributed by atoms with E-state index in [9.17, 15) is 18.0 Å². The summed E-state index contributed by atoms with van der Waals surface area (Å²) in [7, 11) is 0. The number of hydrogen-bond donors (Lipinski definition) is 0. The minimum Gasteiger partial charge on any atom is -0.417 e. The summed E-state index contributed by atoms with van der Waals surface area (Å²) in [5.74, 6) is -1.14. The van der Waals surface area contributed by atoms with E-state index in [0.717, 1.165) is 25.7 Å². The van der Waals surface area contributed by atoms with Crippen molar-refractivity contribution >= 4 is 5.91 Å². The van der Waals surface area contributed by atoms with Crippen LogP contribution in [0.25, 0.3) is 0 Å². The second-order valence-corrected chi connectivity index (χ2v) is 6.38. The van der Waals surface area contributed by atoms with Crippen molar-refractivity contribution in [2.75, 3.05) is 13.1 Å². The molecule has 1 amide bonds. The number of amides is 1. The number of aromatic nitrogens is 2. The van der Waals surface area contributed by atoms with Crippen molar-refractivity contribution in [2.24, 2.45) is 5.92 Å². The predicted octanol–water partition coefficient (Wildman–Crippen LogP) is 3.37. The molecule has 1 aromatic heterocycles. The number of hydrogen-bond acceptors (Lipinski definition) is 4. The molecule has 1 aliphatic heterocycles. The lowest BCUT2D eigenvalue weighted by Crippen LogP contribution is -2.41. The molecule has 2 aliphatic rings. The smallest absolute Gasteiger partial charge is 0.417 e. The molecule has 1 saturated carbocycles. The summed E-state index contributed by atoms with van der Waals surface area (Å²) < 4.78 is 42.2. The van der Waals surface area contributed by atoms with Crippen LogP contribution >= 0.6 is 0 Å². The van der Waals surface area contributed by atoms with Gasteiger partial charge < -0.3 is 9.32 Å². The van der Waals surface area contributed by atoms with E-state index in [4.69, 9.17) is 4.42 Å². The van der Waals surface area contributed by atoms with Gasteiger partial charge in [0, 0.05) is 24.9 Å². The summed E-state index contributed by atoms with van der Waals surface area (Å²) in [4.78, 5) is 14.3. The van der Waals surface area contributed by atoms with Crippen LogP contribution < -0.4 is 0 Å². The van der Waals surface area contributed by atoms with Crippen LogP contribution in [0.5, 0.6) is 0 Å². The predicted molar refractivity (Wildman–Crippen MR) is 74.4 cm³/mol. The standard InChI is InChI=1S/C15H20F3N3O2/c16-15(17,18)14-20-19-12(23-14)10-6-8-21(9-7-10)13(22)11-4-2-1-3-5-11/h10-11H,1-9H2. The van der Waals surface area contributed by atoms with E-state index in [2.05, 4.69) is 10.2 Å². The number of likely N-dealkylation sites (tertiary alicyclic amines) is 1. The minimum atomic E-state index is -4.61. The van der Waals surface area contributed by atoms with E-state index in [0.29, 0.717) is 25.9 Å². The molecule has 8 heteroatoms. The summed E-state index contributed by atoms with van der Waals surface area (Å²) in [5.41, 5.74) is 0. The van der Waals surface area contributed by atoms with Gasteiger partial charge in [0.2, 0.25) is 11.8 Å². The van der Waals surface area contributed by atoms with Crippen molar-refractivity contribution in [3.63, 3.8) is 0 Å². The number of carbonyl (C=O) groups excluding carboxylic acids is 1. The Balaban J connectivity index is 1.55. The molecular formula is C15H20F3N3O2. The summed E-state index contributed by atoms with van der Waals surface area (Å²) in [6, 6.07) is 0. The average molecular weight is 331 g/mol. The molecule has 1 aromatic rings. The van der Waals surface area contributed by atoms with Gasteiger partial charge in [0.25, 0.3) is 0 Å². The Morgan fingerprint density at radius 2 is 1.70 bits per heavy atom. The third-order valence-electron chi connectivity index (χ3n) is 4.79. The Morgan fingerprint density at radius 3 is 2.26 bits per heavy atom. The number of halogens is 3. The quantitative estimate of drug-likeness (QED) is 0.833. The van der Waals surface area contributed by atoms with Crippen LogP contribution in [0.4, 0.5) is 13.2 Å². The van der Waals surface area contributed by atoms with Crippen LogP contribution in [-0.2, 0) is 11.0 Å². The fourth-order valence-corrected chi connectivity index (χ4v) is 3.47. The maximum atomic E-state index is 12.5. The Labute approximate surface area is 132 Å². The lowest BCUT2D eigenvalue weighted by Gasteiger charge is -2.34. The Morgan fingerprint density at radius 1 is 1.04 bits per heavy atom. The molecule has 2 fully saturated rings. The Hall–Kier alpha value is -1.60. The number of alkyl halides is 3. The van der Waals surface area contributed by atoms with E-state index < -0.39 is 12.1 Å². The fourth-order valence-electron chi connectivity index (χ4n) is 3.47. The summed E-state index contributed by atoms with van der Waals surface area (Å²) in [5, 5.41) is 6.59. The van der Waals surface area contributed by atoms with Crippen molar-refractivity contribution in [3.8, 4) is 0 Å². The molecule has 0 bridgehead atoms. The van der Waals surface area contributed by atoms with Crippen molar-refractivity contribution in [1.29, 1.82) is 0 Å². The normalized spacial score (nSPS) is 21.6. The van der Waals surface area contributed by atoms with Crippen LogP contribution in [0.1, 0.15) is 62.6 Å². The topological polar surface area (TPSA) is 59.2 Å². The monoisotopic (exact) mass is 331 g/mol. The first kappa shape index (κ1) is 16.3. The Kier molecular flexibility index (Phi) is 4.59. The number of piperidine rings is 1. The molecule has 0 aromatic carbocycles. The van der Waals surface area contributed by atoms with Crippen LogP contribution in [0.3, 0.4) is 0 Å². The maximum Gasteiger partial charge on any atom is 0.470 e. The molecule has 0 atom stereocenters. The number of nitrogens with zero attached hydrogens (tertiary/aromatic N) is 3. The molecular weight excluding hydrogens is 311 g/mol. The molecule has 0 N–H and O–H groups in total. The van der Waals surface area contributed by atoms with E-state index >= 15 is 0 Å². The van der Waals surface area contributed by atoms with Gasteiger partial charge in [0.15, 0.2) is 0 Å². The summed E-state index contributed by atoms with van der Waals surface area (Å²) >= 11 is 0. The van der Waals surface area contributed by atoms with Crippen LogP contribution in [0.2, 0.25) is 0 Å². The minimum absolute atomic E-state index is 0.0297. The fraction of sp³-hybridized carbons (Fsp3) is 0.800. The highest BCUT2D eigenvalue weighted by Crippen LogP contribution is 2.33. The molecule has 0 unspecified atom stereocenters. The summed E-state index contributed by atoms with van der Waals surface area (Å²) in [6.07, 6.45) is 1.85. The van der Waals surface area contributed by atoms with Crippen LogP contribution in [0.15, 0.2) is 4.42 Å². The molecule has 3 rings (SSSR count). The van der Waals surface area contributed by atoms with Gasteiger partial charge in [-0.3, -0.25) is 4.79 Å². The highest BCUT2D eigenvalue weighted by molar-refractivity contribution is 5.79. The zero-order valence-corrected chi connectivity index (χ0v) is 12.8. The highest BCUT2D eigenvalue weighted by atomic mass is 19.4. The van der Waals surface area contributed by atoms with Gasteiger partial charge in [-0.25, -0.2) is 0 Å². The maximum absolute atomic E-state index is 12.5. The zero-order chi connectivity index (χ0) is 16.4. The van der Waals surface area contributed by atoms with Crippen molar-refractivity contribution in [3.05, 3.63) is 11.8 Å². The molecule has 128 valence electrons. The second-order valence-electron chi connectivity index (χ2n) is 6.38. The van der Waals surface area contributed by atoms with E-state index in [-0.39, 0.29) is 23.6 Å². The van der Waals surface area contributed by atoms with Gasteiger partial charge in [-0.1, -0.05) is 19.3 Å².